The first kappa shape index (κ1) is 14.7. The fourth-order valence-electron chi connectivity index (χ4n) is 1.36. The van der Waals surface area contributed by atoms with E-state index in [0.717, 1.165) is 0 Å². The van der Waals surface area contributed by atoms with Crippen LogP contribution in [0.2, 0.25) is 0 Å². The van der Waals surface area contributed by atoms with Crippen LogP contribution in [-0.4, -0.2) is 22.5 Å². The maximum absolute atomic E-state index is 11.0. The summed E-state index contributed by atoms with van der Waals surface area (Å²) in [5.41, 5.74) is 0. The van der Waals surface area contributed by atoms with Crippen LogP contribution in [-0.2, 0) is 9.59 Å². The molecule has 5 heteroatoms. The third kappa shape index (κ3) is 6.27. The number of nitro groups is 1. The lowest BCUT2D eigenvalue weighted by Gasteiger charge is -2.07. The molecule has 0 aromatic rings. The van der Waals surface area contributed by atoms with Gasteiger partial charge in [-0.1, -0.05) is 13.8 Å². The third-order valence-corrected chi connectivity index (χ3v) is 2.60. The maximum Gasteiger partial charge on any atom is 0.214 e. The molecule has 0 aliphatic heterocycles. The Labute approximate surface area is 95.4 Å². The van der Waals surface area contributed by atoms with Crippen LogP contribution in [0.3, 0.4) is 0 Å². The van der Waals surface area contributed by atoms with Crippen molar-refractivity contribution < 1.29 is 14.5 Å². The Morgan fingerprint density at radius 1 is 1.06 bits per heavy atom. The average molecular weight is 229 g/mol. The normalized spacial score (nSPS) is 10.4. The number of nitrogens with zero attached hydrogens (tertiary/aromatic N) is 1. The highest BCUT2D eigenvalue weighted by atomic mass is 16.6. The highest BCUT2D eigenvalue weighted by Crippen LogP contribution is 2.11. The van der Waals surface area contributed by atoms with Gasteiger partial charge >= 0.3 is 0 Å². The zero-order valence-corrected chi connectivity index (χ0v) is 9.90. The number of carbonyl (C=O) groups is 2. The molecule has 0 saturated heterocycles. The molecule has 0 fully saturated rings. The van der Waals surface area contributed by atoms with Crippen LogP contribution in [0, 0.1) is 10.1 Å². The second-order valence-electron chi connectivity index (χ2n) is 3.80. The van der Waals surface area contributed by atoms with Gasteiger partial charge in [-0.05, 0) is 0 Å². The fraction of sp³-hybridized carbons (Fsp3) is 0.818. The van der Waals surface area contributed by atoms with E-state index in [-0.39, 0.29) is 42.2 Å². The molecule has 0 aromatic carbocycles. The Morgan fingerprint density at radius 2 is 1.44 bits per heavy atom. The van der Waals surface area contributed by atoms with Crippen molar-refractivity contribution in [3.05, 3.63) is 10.1 Å². The number of ketones is 2. The van der Waals surface area contributed by atoms with Crippen LogP contribution in [0.5, 0.6) is 0 Å². The predicted octanol–water partition coefficient (Wildman–Crippen LogP) is 2.15. The first-order valence-electron chi connectivity index (χ1n) is 5.68. The van der Waals surface area contributed by atoms with Gasteiger partial charge in [0.05, 0.1) is 0 Å². The topological polar surface area (TPSA) is 77.3 Å². The Bertz CT molecular complexity index is 243. The third-order valence-electron chi connectivity index (χ3n) is 2.60. The quantitative estimate of drug-likeness (QED) is 0.448. The summed E-state index contributed by atoms with van der Waals surface area (Å²) in [6.45, 7) is 3.48. The van der Waals surface area contributed by atoms with Crippen LogP contribution in [0.1, 0.15) is 52.4 Å². The van der Waals surface area contributed by atoms with E-state index in [2.05, 4.69) is 0 Å². The summed E-state index contributed by atoms with van der Waals surface area (Å²) < 4.78 is 0. The number of Topliss-reactive ketones (excluding diaryl/α,β-unsaturated/α-hetero) is 2. The molecule has 0 rings (SSSR count). The smallest absolute Gasteiger partial charge is 0.214 e. The average Bonchev–Trinajstić information content (AvgIpc) is 2.27. The van der Waals surface area contributed by atoms with Crippen LogP contribution < -0.4 is 0 Å². The van der Waals surface area contributed by atoms with Gasteiger partial charge in [-0.3, -0.25) is 19.7 Å². The Morgan fingerprint density at radius 3 is 1.69 bits per heavy atom. The van der Waals surface area contributed by atoms with E-state index >= 15 is 0 Å². The second kappa shape index (κ2) is 7.96. The van der Waals surface area contributed by atoms with Crippen molar-refractivity contribution >= 4 is 11.6 Å². The van der Waals surface area contributed by atoms with Crippen molar-refractivity contribution in [3.63, 3.8) is 0 Å². The zero-order chi connectivity index (χ0) is 12.6. The molecule has 0 aromatic heterocycles. The lowest BCUT2D eigenvalue weighted by molar-refractivity contribution is -0.524. The highest BCUT2D eigenvalue weighted by molar-refractivity contribution is 5.78. The largest absolute Gasteiger partial charge is 0.300 e. The van der Waals surface area contributed by atoms with E-state index < -0.39 is 6.04 Å². The molecule has 0 bridgehead atoms. The molecule has 0 radical (unpaired) electrons. The van der Waals surface area contributed by atoms with Gasteiger partial charge in [0.25, 0.3) is 0 Å². The number of hydrogen-bond acceptors (Lipinski definition) is 4. The SMILES string of the molecule is CCC(=O)CCC(CCC(=O)CC)[N+](=O)[O-]. The Hall–Kier alpha value is -1.26. The molecule has 5 nitrogen and oxygen atoms in total. The van der Waals surface area contributed by atoms with Crippen LogP contribution in [0.25, 0.3) is 0 Å². The lowest BCUT2D eigenvalue weighted by atomic mass is 10.0. The van der Waals surface area contributed by atoms with Gasteiger partial charge in [-0.15, -0.1) is 0 Å². The second-order valence-corrected chi connectivity index (χ2v) is 3.80. The predicted molar refractivity (Wildman–Crippen MR) is 59.8 cm³/mol. The molecule has 0 atom stereocenters. The standard InChI is InChI=1S/C11H19NO4/c1-3-10(13)7-5-9(12(15)16)6-8-11(14)4-2/h9H,3-8H2,1-2H3. The minimum atomic E-state index is -0.758. The van der Waals surface area contributed by atoms with Crippen molar-refractivity contribution in [2.45, 2.75) is 58.4 Å². The van der Waals surface area contributed by atoms with Gasteiger partial charge in [0.15, 0.2) is 0 Å². The van der Waals surface area contributed by atoms with Crippen molar-refractivity contribution in [1.29, 1.82) is 0 Å². The maximum atomic E-state index is 11.0. The molecule has 16 heavy (non-hydrogen) atoms. The van der Waals surface area contributed by atoms with Crippen LogP contribution in [0.4, 0.5) is 0 Å². The molecule has 0 aliphatic carbocycles. The minimum Gasteiger partial charge on any atom is -0.300 e. The Balaban J connectivity index is 4.03. The summed E-state index contributed by atoms with van der Waals surface area (Å²) >= 11 is 0. The fourth-order valence-corrected chi connectivity index (χ4v) is 1.36. The number of rotatable bonds is 9. The molecule has 0 saturated carbocycles. The summed E-state index contributed by atoms with van der Waals surface area (Å²) in [7, 11) is 0. The first-order valence-corrected chi connectivity index (χ1v) is 5.68. The summed E-state index contributed by atoms with van der Waals surface area (Å²) in [6, 6.07) is -0.758. The van der Waals surface area contributed by atoms with Crippen molar-refractivity contribution in [1.82, 2.24) is 0 Å². The Kier molecular flexibility index (Phi) is 7.33. The van der Waals surface area contributed by atoms with E-state index in [4.69, 9.17) is 0 Å². The van der Waals surface area contributed by atoms with Gasteiger partial charge in [-0.25, -0.2) is 0 Å². The molecule has 0 heterocycles. The molecule has 0 amide bonds. The molecule has 92 valence electrons. The van der Waals surface area contributed by atoms with Crippen LogP contribution in [0.15, 0.2) is 0 Å². The highest BCUT2D eigenvalue weighted by Gasteiger charge is 2.21. The molecule has 0 spiro atoms. The lowest BCUT2D eigenvalue weighted by Crippen LogP contribution is -2.21. The van der Waals surface area contributed by atoms with Crippen molar-refractivity contribution in [3.8, 4) is 0 Å². The van der Waals surface area contributed by atoms with Gasteiger partial charge in [-0.2, -0.15) is 0 Å². The van der Waals surface area contributed by atoms with E-state index in [1.807, 2.05) is 0 Å². The van der Waals surface area contributed by atoms with E-state index in [9.17, 15) is 19.7 Å². The summed E-state index contributed by atoms with van der Waals surface area (Å²) in [5, 5.41) is 10.7. The molecule has 0 unspecified atom stereocenters. The molecule has 0 N–H and O–H groups in total. The van der Waals surface area contributed by atoms with Crippen LogP contribution >= 0.6 is 0 Å². The van der Waals surface area contributed by atoms with E-state index in [1.165, 1.54) is 0 Å². The van der Waals surface area contributed by atoms with Crippen molar-refractivity contribution in [2.75, 3.05) is 0 Å². The zero-order valence-electron chi connectivity index (χ0n) is 9.90. The number of carbonyl (C=O) groups excluding carboxylic acids is 2. The van der Waals surface area contributed by atoms with Gasteiger partial charge in [0.1, 0.15) is 11.6 Å². The monoisotopic (exact) mass is 229 g/mol. The van der Waals surface area contributed by atoms with Crippen molar-refractivity contribution in [2.24, 2.45) is 0 Å². The summed E-state index contributed by atoms with van der Waals surface area (Å²) in [5.74, 6) is 0.0716. The minimum absolute atomic E-state index is 0.0358. The number of hydrogen-bond donors (Lipinski definition) is 0. The van der Waals surface area contributed by atoms with Gasteiger partial charge in [0.2, 0.25) is 6.04 Å². The van der Waals surface area contributed by atoms with Gasteiger partial charge in [0, 0.05) is 43.4 Å². The van der Waals surface area contributed by atoms with E-state index in [1.54, 1.807) is 13.8 Å². The summed E-state index contributed by atoms with van der Waals surface area (Å²) in [6.07, 6.45) is 1.80. The molecular weight excluding hydrogens is 210 g/mol. The molecular formula is C11H19NO4. The molecule has 0 aliphatic rings. The summed E-state index contributed by atoms with van der Waals surface area (Å²) in [4.78, 5) is 32.4. The van der Waals surface area contributed by atoms with Gasteiger partial charge < -0.3 is 0 Å². The first-order chi connectivity index (χ1) is 7.51. The van der Waals surface area contributed by atoms with E-state index in [0.29, 0.717) is 12.8 Å².